The maximum absolute atomic E-state index is 14.1. The van der Waals surface area contributed by atoms with Gasteiger partial charge in [-0.05, 0) is 92.8 Å². The number of ketones is 1. The lowest BCUT2D eigenvalue weighted by Crippen LogP contribution is -2.54. The third-order valence-electron chi connectivity index (χ3n) is 10.2. The van der Waals surface area contributed by atoms with Crippen molar-refractivity contribution in [1.29, 1.82) is 0 Å². The molecule has 3 aliphatic carbocycles. The highest BCUT2D eigenvalue weighted by Gasteiger charge is 2.58. The fourth-order valence-corrected chi connectivity index (χ4v) is 10.1. The number of aliphatic hydroxyl groups excluding tert-OH is 1. The molecule has 0 amide bonds. The summed E-state index contributed by atoms with van der Waals surface area (Å²) < 4.78 is 34.8. The number of methoxy groups -OCH3 is 1. The third kappa shape index (κ3) is 7.25. The molecule has 9 heteroatoms. The standard InChI is InChI=1S/C37H47NO6S2/c1-27-10-7-19-36(2)33(18-20-37(36,41)26-38(21-9-22-44-3)46(42,43)34-13-8-23-45-34)31-17-15-28(24-30(39)16-14-27)25-32(31)35(40)29-11-5-4-6-12-29/h4-6,8,10-13,15,17,23,25,30,33,39,41H,7,9,14,16,18-22,24,26H2,1-3H3/t30-,33-,36-,37+/m0/s1. The average molecular weight is 666 g/mol. The Hall–Kier alpha value is -2.66. The molecule has 2 bridgehead atoms. The Balaban J connectivity index is 1.61. The van der Waals surface area contributed by atoms with Crippen LogP contribution >= 0.6 is 11.3 Å². The number of carbonyl (C=O) groups is 1. The summed E-state index contributed by atoms with van der Waals surface area (Å²) >= 11 is 1.18. The molecule has 1 aromatic heterocycles. The van der Waals surface area contributed by atoms with Gasteiger partial charge in [0.05, 0.1) is 11.7 Å². The third-order valence-corrected chi connectivity index (χ3v) is 13.5. The van der Waals surface area contributed by atoms with Crippen molar-refractivity contribution >= 4 is 27.1 Å². The molecule has 7 nitrogen and oxygen atoms in total. The fourth-order valence-electron chi connectivity index (χ4n) is 7.44. The van der Waals surface area contributed by atoms with Gasteiger partial charge in [0, 0.05) is 43.3 Å². The topological polar surface area (TPSA) is 104 Å². The summed E-state index contributed by atoms with van der Waals surface area (Å²) in [6.45, 7) is 4.75. The van der Waals surface area contributed by atoms with Crippen LogP contribution in [0.1, 0.15) is 91.8 Å². The first-order chi connectivity index (χ1) is 22.0. The smallest absolute Gasteiger partial charge is 0.252 e. The molecule has 6 rings (SSSR count). The van der Waals surface area contributed by atoms with Gasteiger partial charge in [-0.1, -0.05) is 67.1 Å². The number of rotatable bonds is 10. The van der Waals surface area contributed by atoms with E-state index >= 15 is 0 Å². The molecule has 0 aliphatic heterocycles. The minimum atomic E-state index is -3.85. The van der Waals surface area contributed by atoms with Crippen LogP contribution in [0.5, 0.6) is 0 Å². The van der Waals surface area contributed by atoms with Crippen molar-refractivity contribution in [3.63, 3.8) is 0 Å². The van der Waals surface area contributed by atoms with Crippen LogP contribution in [0.3, 0.4) is 0 Å². The zero-order chi connectivity index (χ0) is 33.0. The monoisotopic (exact) mass is 665 g/mol. The van der Waals surface area contributed by atoms with Crippen LogP contribution in [0.4, 0.5) is 0 Å². The Labute approximate surface area is 278 Å². The summed E-state index contributed by atoms with van der Waals surface area (Å²) in [5.74, 6) is -0.282. The number of ether oxygens (including phenoxy) is 1. The van der Waals surface area contributed by atoms with Gasteiger partial charge < -0.3 is 14.9 Å². The van der Waals surface area contributed by atoms with Gasteiger partial charge in [0.25, 0.3) is 10.0 Å². The summed E-state index contributed by atoms with van der Waals surface area (Å²) in [7, 11) is -2.26. The first-order valence-electron chi connectivity index (χ1n) is 16.3. The van der Waals surface area contributed by atoms with Crippen LogP contribution in [-0.4, -0.2) is 67.2 Å². The van der Waals surface area contributed by atoms with Crippen LogP contribution in [0.2, 0.25) is 0 Å². The summed E-state index contributed by atoms with van der Waals surface area (Å²) in [5.41, 5.74) is 2.03. The number of benzene rings is 2. The Morgan fingerprint density at radius 1 is 1.09 bits per heavy atom. The predicted octanol–water partition coefficient (Wildman–Crippen LogP) is 6.75. The summed E-state index contributed by atoms with van der Waals surface area (Å²) in [5, 5.41) is 25.4. The maximum atomic E-state index is 14.1. The van der Waals surface area contributed by atoms with E-state index in [9.17, 15) is 23.4 Å². The minimum Gasteiger partial charge on any atom is -0.393 e. The van der Waals surface area contributed by atoms with E-state index in [1.165, 1.54) is 21.2 Å². The van der Waals surface area contributed by atoms with E-state index in [1.807, 2.05) is 48.5 Å². The molecule has 248 valence electrons. The van der Waals surface area contributed by atoms with Gasteiger partial charge in [-0.25, -0.2) is 8.42 Å². The highest BCUT2D eigenvalue weighted by atomic mass is 32.2. The first-order valence-corrected chi connectivity index (χ1v) is 18.6. The first kappa shape index (κ1) is 34.7. The molecule has 0 radical (unpaired) electrons. The number of hydrogen-bond donors (Lipinski definition) is 2. The number of nitrogens with zero attached hydrogens (tertiary/aromatic N) is 1. The van der Waals surface area contributed by atoms with Gasteiger partial charge in [0.1, 0.15) is 4.21 Å². The van der Waals surface area contributed by atoms with Crippen molar-refractivity contribution in [2.24, 2.45) is 5.41 Å². The van der Waals surface area contributed by atoms with Crippen LogP contribution in [-0.2, 0) is 21.2 Å². The van der Waals surface area contributed by atoms with Crippen molar-refractivity contribution in [2.45, 2.75) is 87.0 Å². The molecule has 2 aromatic carbocycles. The molecule has 1 fully saturated rings. The van der Waals surface area contributed by atoms with E-state index in [-0.39, 0.29) is 29.0 Å². The SMILES string of the molecule is COCCCN(C[C@]1(O)CC[C@H]2c3ccc(cc3C(=O)c3ccccc3)C[C@@H](O)CCC(C)=CCC[C@@]21C)S(=O)(=O)c1cccs1. The molecule has 0 saturated heterocycles. The van der Waals surface area contributed by atoms with E-state index < -0.39 is 27.1 Å². The van der Waals surface area contributed by atoms with Gasteiger partial charge in [-0.2, -0.15) is 4.31 Å². The largest absolute Gasteiger partial charge is 0.393 e. The van der Waals surface area contributed by atoms with Crippen LogP contribution < -0.4 is 0 Å². The Morgan fingerprint density at radius 2 is 1.87 bits per heavy atom. The normalized spacial score (nSPS) is 25.7. The number of fused-ring (bicyclic) bond motifs is 8. The molecule has 0 spiro atoms. The number of allylic oxidation sites excluding steroid dienone is 2. The van der Waals surface area contributed by atoms with Gasteiger partial charge in [0.15, 0.2) is 5.78 Å². The zero-order valence-corrected chi connectivity index (χ0v) is 28.8. The molecule has 4 atom stereocenters. The fraction of sp³-hybridized carbons (Fsp3) is 0.486. The molecular weight excluding hydrogens is 619 g/mol. The summed E-state index contributed by atoms with van der Waals surface area (Å²) in [4.78, 5) is 14.1. The zero-order valence-electron chi connectivity index (χ0n) is 27.2. The van der Waals surface area contributed by atoms with Crippen LogP contribution in [0.15, 0.2) is 81.9 Å². The second kappa shape index (κ2) is 14.6. The van der Waals surface area contributed by atoms with Crippen LogP contribution in [0, 0.1) is 5.41 Å². The second-order valence-electron chi connectivity index (χ2n) is 13.3. The lowest BCUT2D eigenvalue weighted by Gasteiger charge is -2.46. The Morgan fingerprint density at radius 3 is 2.59 bits per heavy atom. The summed E-state index contributed by atoms with van der Waals surface area (Å²) in [6.07, 6.45) is 6.31. The summed E-state index contributed by atoms with van der Waals surface area (Å²) in [6, 6.07) is 18.5. The van der Waals surface area contributed by atoms with Gasteiger partial charge >= 0.3 is 0 Å². The highest BCUT2D eigenvalue weighted by Crippen LogP contribution is 2.59. The van der Waals surface area contributed by atoms with Crippen molar-refractivity contribution < 1.29 is 28.2 Å². The van der Waals surface area contributed by atoms with E-state index in [0.29, 0.717) is 62.7 Å². The quantitative estimate of drug-likeness (QED) is 0.141. The number of hydrogen-bond acceptors (Lipinski definition) is 7. The number of aliphatic hydroxyl groups is 2. The molecule has 2 N–H and O–H groups in total. The van der Waals surface area contributed by atoms with Crippen LogP contribution in [0.25, 0.3) is 0 Å². The molecular formula is C37H47NO6S2. The molecule has 46 heavy (non-hydrogen) atoms. The lowest BCUT2D eigenvalue weighted by atomic mass is 9.64. The van der Waals surface area contributed by atoms with Crippen molar-refractivity contribution in [3.05, 3.63) is 99.9 Å². The average Bonchev–Trinajstić information content (AvgIpc) is 3.67. The molecule has 3 aromatic rings. The van der Waals surface area contributed by atoms with Crippen molar-refractivity contribution in [2.75, 3.05) is 26.8 Å². The van der Waals surface area contributed by atoms with Crippen molar-refractivity contribution in [3.8, 4) is 0 Å². The maximum Gasteiger partial charge on any atom is 0.252 e. The molecule has 1 saturated carbocycles. The Bertz CT molecular complexity index is 1620. The van der Waals surface area contributed by atoms with E-state index in [2.05, 4.69) is 19.9 Å². The minimum absolute atomic E-state index is 0.0428. The lowest BCUT2D eigenvalue weighted by molar-refractivity contribution is -0.0727. The van der Waals surface area contributed by atoms with E-state index in [4.69, 9.17) is 4.74 Å². The second-order valence-corrected chi connectivity index (χ2v) is 16.4. The highest BCUT2D eigenvalue weighted by molar-refractivity contribution is 7.91. The van der Waals surface area contributed by atoms with Crippen molar-refractivity contribution in [1.82, 2.24) is 4.31 Å². The molecule has 1 heterocycles. The van der Waals surface area contributed by atoms with Gasteiger partial charge in [0.2, 0.25) is 0 Å². The Kier molecular flexibility index (Phi) is 11.0. The number of sulfonamides is 1. The van der Waals surface area contributed by atoms with E-state index in [1.54, 1.807) is 24.6 Å². The van der Waals surface area contributed by atoms with Gasteiger partial charge in [-0.3, -0.25) is 4.79 Å². The van der Waals surface area contributed by atoms with Gasteiger partial charge in [-0.15, -0.1) is 11.3 Å². The van der Waals surface area contributed by atoms with E-state index in [0.717, 1.165) is 17.5 Å². The number of carbonyl (C=O) groups excluding carboxylic acids is 1. The predicted molar refractivity (Wildman–Crippen MR) is 183 cm³/mol. The molecule has 3 aliphatic rings. The molecule has 0 unspecified atom stereocenters. The number of thiophene rings is 1.